The number of nitrogens with zero attached hydrogens (tertiary/aromatic N) is 10. The second kappa shape index (κ2) is 65.4. The van der Waals surface area contributed by atoms with E-state index in [1.165, 1.54) is 64.7 Å². The standard InChI is InChI=1S/C11H21NO2.C11H23NO.C10H21NO.C9H19NO.C9H13N.C9H18O2.C8H11N3.C8H16O2.C8H16O.C7H12N2.C7H16O.C6H15N.C5H13N.C5H12O/c1-9(13)12-7-5-10(6-8-12)14-11(2,3)4;1-11(2,3)13-9-10-5-7-12(4)8-6-10;1-10(2,3)12-9-5-7-11(4)8-6-9;1-9(2,3)11-8-4-6-10-7-5-8;1-9(2,3)8-6-4-5-7-10-8;1-9(2,3)11-8-4-6-10-7-5-8;1-8(2,3)11-6-7(4-9)5-10-11;1-8(2,3)10-7-4-5-9-6-7;1-8(2,3)9-6-7-4-5-7;1-7(2,3)9-6-4-5-8-9;1-6(2,3)7(4,5)8;1-6(2,3)7(4)5;2*1-5(2,3)6-4/h10H,5-8H2,1-4H3;10H,5-9H2,1-4H3;9H,5-8H2,1-4H3;8,10H,4-7H2,1-3H3;4-7H,1-3H3;8H,4-7H2,1-3H3;5-6H,1-3H3;7H,4-6H2,1-3H3;7H,4-6H2,1-3H3;4-6H,1-3H3;8H,1-5H3;1-5H3;6H,1-4H3;1-4H3. The van der Waals surface area contributed by atoms with Crippen molar-refractivity contribution in [2.45, 2.75) is 504 Å². The Morgan fingerprint density at radius 2 is 0.818 bits per heavy atom. The van der Waals surface area contributed by atoms with Gasteiger partial charge in [0.2, 0.25) is 5.91 Å². The summed E-state index contributed by atoms with van der Waals surface area (Å²) in [5.41, 5.74) is 2.22. The summed E-state index contributed by atoms with van der Waals surface area (Å²) in [6.07, 6.45) is 26.1. The van der Waals surface area contributed by atoms with Crippen molar-refractivity contribution in [3.8, 4) is 6.07 Å². The number of ether oxygens (including phenoxy) is 10. The highest BCUT2D eigenvalue weighted by atomic mass is 16.6. The Morgan fingerprint density at radius 3 is 1.07 bits per heavy atom. The molecule has 24 nitrogen and oxygen atoms in total. The van der Waals surface area contributed by atoms with Crippen LogP contribution in [0.4, 0.5) is 0 Å². The van der Waals surface area contributed by atoms with Crippen molar-refractivity contribution in [2.24, 2.45) is 17.3 Å². The lowest BCUT2D eigenvalue weighted by molar-refractivity contribution is -0.134. The van der Waals surface area contributed by atoms with Gasteiger partial charge in [-0.2, -0.15) is 15.5 Å². The first-order chi connectivity index (χ1) is 61.7. The third-order valence-corrected chi connectivity index (χ3v) is 22.1. The first-order valence-corrected chi connectivity index (χ1v) is 51.9. The summed E-state index contributed by atoms with van der Waals surface area (Å²) in [6.45, 7) is 108. The molecule has 0 aromatic carbocycles. The van der Waals surface area contributed by atoms with Crippen LogP contribution in [-0.2, 0) is 68.7 Å². The van der Waals surface area contributed by atoms with Gasteiger partial charge >= 0.3 is 0 Å². The fourth-order valence-electron chi connectivity index (χ4n) is 11.7. The van der Waals surface area contributed by atoms with Crippen LogP contribution >= 0.6 is 0 Å². The number of rotatable bonds is 9. The zero-order valence-corrected chi connectivity index (χ0v) is 99.2. The molecular weight excluding hydrogens is 1720 g/mol. The van der Waals surface area contributed by atoms with E-state index in [1.807, 2.05) is 129 Å². The van der Waals surface area contributed by atoms with E-state index in [4.69, 9.17) is 52.6 Å². The van der Waals surface area contributed by atoms with Crippen molar-refractivity contribution in [1.29, 1.82) is 5.26 Å². The van der Waals surface area contributed by atoms with Crippen molar-refractivity contribution < 1.29 is 57.3 Å². The number of carbonyl (C=O) groups is 1. The molecule has 3 aromatic heterocycles. The molecule has 0 radical (unpaired) electrons. The van der Waals surface area contributed by atoms with E-state index >= 15 is 0 Å². The van der Waals surface area contributed by atoms with Gasteiger partial charge in [-0.3, -0.25) is 19.1 Å². The molecule has 3 aromatic rings. The van der Waals surface area contributed by atoms with Crippen molar-refractivity contribution in [3.05, 3.63) is 66.5 Å². The summed E-state index contributed by atoms with van der Waals surface area (Å²) in [6, 6.07) is 9.99. The maximum Gasteiger partial charge on any atom is 0.219 e. The van der Waals surface area contributed by atoms with Gasteiger partial charge in [-0.1, -0.05) is 47.6 Å². The first-order valence-electron chi connectivity index (χ1n) is 51.9. The predicted octanol–water partition coefficient (Wildman–Crippen LogP) is 24.3. The summed E-state index contributed by atoms with van der Waals surface area (Å²) in [5, 5.41) is 32.4. The number of amides is 1. The molecule has 1 amide bonds. The van der Waals surface area contributed by atoms with Crippen molar-refractivity contribution in [1.82, 2.24) is 54.8 Å². The lowest BCUT2D eigenvalue weighted by Gasteiger charge is -2.35. The zero-order valence-electron chi connectivity index (χ0n) is 99.2. The van der Waals surface area contributed by atoms with E-state index in [9.17, 15) is 9.90 Å². The van der Waals surface area contributed by atoms with Crippen LogP contribution in [0.2, 0.25) is 0 Å². The number of piperidine rings is 4. The number of aliphatic hydroxyl groups is 1. The first kappa shape index (κ1) is 139. The second-order valence-corrected chi connectivity index (χ2v) is 52.4. The lowest BCUT2D eigenvalue weighted by atomic mass is 9.79. The Bertz CT molecular complexity index is 3360. The topological polar surface area (TPSA) is 239 Å². The average molecular weight is 1950 g/mol. The molecule has 7 aliphatic rings. The maximum atomic E-state index is 11.1. The van der Waals surface area contributed by atoms with Gasteiger partial charge in [-0.15, -0.1) is 0 Å². The Labute approximate surface area is 846 Å². The van der Waals surface area contributed by atoms with Crippen LogP contribution in [0.15, 0.2) is 55.2 Å². The van der Waals surface area contributed by atoms with Crippen LogP contribution in [0.1, 0.15) is 406 Å². The molecule has 24 heteroatoms. The molecule has 6 saturated heterocycles. The van der Waals surface area contributed by atoms with Crippen LogP contribution in [-0.4, -0.2) is 282 Å². The van der Waals surface area contributed by atoms with E-state index in [0.29, 0.717) is 47.2 Å². The number of nitriles is 1. The molecule has 810 valence electrons. The molecule has 0 spiro atoms. The summed E-state index contributed by atoms with van der Waals surface area (Å²) in [7, 11) is 12.2. The molecule has 3 N–H and O–H groups in total. The number of nitrogens with one attached hydrogen (secondary N) is 2. The van der Waals surface area contributed by atoms with Crippen LogP contribution in [0.5, 0.6) is 0 Å². The number of carbonyl (C=O) groups excluding carboxylic acids is 1. The number of pyridine rings is 1. The molecule has 10 rings (SSSR count). The summed E-state index contributed by atoms with van der Waals surface area (Å²) < 4.78 is 59.5. The number of hydrogen-bond acceptors (Lipinski definition) is 21. The number of likely N-dealkylation sites (tertiary alicyclic amines) is 3. The maximum absolute atomic E-state index is 11.1. The SMILES string of the molecule is CC(=O)N1CCC(OC(C)(C)C)CC1.CC(C)(C)C(C)(C)O.CC(C)(C)OC1CCNCC1.CC(C)(C)OC1CCOC1.CC(C)(C)OC1CCOCC1.CC(C)(C)OCC1CC1.CC(C)(C)c1ccccn1.CC(C)(C)n1cc(C#N)cn1.CC(C)(C)n1cccn1.CN(C)C(C)(C)C.CN1CCC(COC(C)(C)C)CC1.CN1CCC(OC(C)(C)C)CC1.CNC(C)(C)C.COC(C)(C)C. The minimum Gasteiger partial charge on any atom is -0.390 e. The third-order valence-electron chi connectivity index (χ3n) is 22.1. The van der Waals surface area contributed by atoms with Gasteiger partial charge in [0.15, 0.2) is 0 Å². The smallest absolute Gasteiger partial charge is 0.219 e. The Hall–Kier alpha value is -4.11. The van der Waals surface area contributed by atoms with Gasteiger partial charge < -0.3 is 82.7 Å². The van der Waals surface area contributed by atoms with Crippen molar-refractivity contribution >= 4 is 5.91 Å². The quantitative estimate of drug-likeness (QED) is 0.180. The van der Waals surface area contributed by atoms with Crippen molar-refractivity contribution in [2.75, 3.05) is 134 Å². The number of methoxy groups -OCH3 is 1. The molecule has 7 fully saturated rings. The predicted molar refractivity (Wildman–Crippen MR) is 580 cm³/mol. The van der Waals surface area contributed by atoms with E-state index in [-0.39, 0.29) is 72.6 Å². The molecule has 6 aliphatic heterocycles. The summed E-state index contributed by atoms with van der Waals surface area (Å²) in [4.78, 5) is 24.2. The van der Waals surface area contributed by atoms with Crippen LogP contribution in [0.25, 0.3) is 0 Å². The van der Waals surface area contributed by atoms with Gasteiger partial charge in [0.25, 0.3) is 0 Å². The van der Waals surface area contributed by atoms with E-state index in [0.717, 1.165) is 128 Å². The van der Waals surface area contributed by atoms with Gasteiger partial charge in [0, 0.05) is 107 Å². The van der Waals surface area contributed by atoms with Gasteiger partial charge in [0.05, 0.1) is 124 Å². The third kappa shape index (κ3) is 89.3. The highest BCUT2D eigenvalue weighted by Crippen LogP contribution is 2.32. The molecule has 1 atom stereocenters. The fourth-order valence-corrected chi connectivity index (χ4v) is 11.7. The minimum absolute atomic E-state index is 0.00199. The Morgan fingerprint density at radius 1 is 0.474 bits per heavy atom. The van der Waals surface area contributed by atoms with E-state index in [2.05, 4.69) is 303 Å². The number of aromatic nitrogens is 5. The molecule has 0 bridgehead atoms. The fraction of sp³-hybridized carbons (Fsp3) is 0.885. The normalized spacial score (nSPS) is 18.1. The summed E-state index contributed by atoms with van der Waals surface area (Å²) in [5.74, 6) is 1.86. The van der Waals surface area contributed by atoms with Gasteiger partial charge in [-0.05, 0) is 443 Å². The molecular formula is C113H226N12O12. The number of hydrogen-bond donors (Lipinski definition) is 3. The lowest BCUT2D eigenvalue weighted by Crippen LogP contribution is -2.41. The Balaban J connectivity index is -0.000000699. The van der Waals surface area contributed by atoms with Crippen LogP contribution in [0, 0.1) is 28.6 Å². The highest BCUT2D eigenvalue weighted by molar-refractivity contribution is 5.73. The Kier molecular flexibility index (Phi) is 66.4. The molecule has 9 heterocycles. The zero-order chi connectivity index (χ0) is 108. The highest BCUT2D eigenvalue weighted by Gasteiger charge is 2.32. The summed E-state index contributed by atoms with van der Waals surface area (Å²) >= 11 is 0. The molecule has 137 heavy (non-hydrogen) atoms. The van der Waals surface area contributed by atoms with Crippen LogP contribution < -0.4 is 10.6 Å². The van der Waals surface area contributed by atoms with E-state index in [1.54, 1.807) is 37.3 Å². The molecule has 1 saturated carbocycles. The minimum atomic E-state index is -0.562. The molecule has 1 unspecified atom stereocenters. The van der Waals surface area contributed by atoms with Crippen molar-refractivity contribution in [3.63, 3.8) is 0 Å². The largest absolute Gasteiger partial charge is 0.390 e. The van der Waals surface area contributed by atoms with Crippen LogP contribution in [0.3, 0.4) is 0 Å². The van der Waals surface area contributed by atoms with Gasteiger partial charge in [-0.25, -0.2) is 0 Å². The second-order valence-electron chi connectivity index (χ2n) is 52.4. The average Bonchev–Trinajstić information content (AvgIpc) is 1.64. The van der Waals surface area contributed by atoms with Gasteiger partial charge in [0.1, 0.15) is 6.07 Å². The molecule has 1 aliphatic carbocycles. The van der Waals surface area contributed by atoms with E-state index < -0.39 is 5.60 Å². The monoisotopic (exact) mass is 1940 g/mol.